The van der Waals surface area contributed by atoms with Gasteiger partial charge in [0.05, 0.1) is 28.2 Å². The standard InChI is InChI=1S/C28H39BrN4O4S/c1-17(19-9-11-20(12-10-19)24-18(2)30-16-38-24)31-26(36)22-14-21(34)15-33(22)27(37)25(28(3,4)5)32-23(35)8-6-7-13-29/h9-12,16-17,21-22,25,34H,6-8,13-15H2,1-5H3,(H,31,36)(H,32,35). The third kappa shape index (κ3) is 7.64. The first-order valence-corrected chi connectivity index (χ1v) is 15.1. The van der Waals surface area contributed by atoms with Crippen LogP contribution in [0.1, 0.15) is 70.7 Å². The number of aromatic nitrogens is 1. The van der Waals surface area contributed by atoms with Gasteiger partial charge in [-0.1, -0.05) is 61.0 Å². The molecule has 1 saturated heterocycles. The van der Waals surface area contributed by atoms with Gasteiger partial charge in [-0.05, 0) is 43.2 Å². The van der Waals surface area contributed by atoms with Gasteiger partial charge >= 0.3 is 0 Å². The Hall–Kier alpha value is -2.30. The summed E-state index contributed by atoms with van der Waals surface area (Å²) in [6, 6.07) is 6.08. The number of rotatable bonds is 10. The molecule has 0 aliphatic carbocycles. The van der Waals surface area contributed by atoms with E-state index in [-0.39, 0.29) is 36.7 Å². The van der Waals surface area contributed by atoms with Crippen LogP contribution in [-0.2, 0) is 14.4 Å². The van der Waals surface area contributed by atoms with Crippen LogP contribution in [0.25, 0.3) is 10.4 Å². The maximum atomic E-state index is 13.7. The van der Waals surface area contributed by atoms with Crippen LogP contribution in [0.3, 0.4) is 0 Å². The van der Waals surface area contributed by atoms with Crippen LogP contribution in [0, 0.1) is 12.3 Å². The summed E-state index contributed by atoms with van der Waals surface area (Å²) in [7, 11) is 0. The molecule has 1 aromatic heterocycles. The monoisotopic (exact) mass is 606 g/mol. The first kappa shape index (κ1) is 30.2. The summed E-state index contributed by atoms with van der Waals surface area (Å²) in [6.07, 6.45) is 1.27. The lowest BCUT2D eigenvalue weighted by Gasteiger charge is -2.35. The normalized spacial score (nSPS) is 19.2. The molecule has 1 fully saturated rings. The van der Waals surface area contributed by atoms with Crippen LogP contribution >= 0.6 is 27.3 Å². The highest BCUT2D eigenvalue weighted by atomic mass is 79.9. The Labute approximate surface area is 237 Å². The molecule has 4 atom stereocenters. The number of halogens is 1. The van der Waals surface area contributed by atoms with Gasteiger partial charge in [0.2, 0.25) is 17.7 Å². The molecule has 2 aromatic rings. The Morgan fingerprint density at radius 3 is 2.45 bits per heavy atom. The highest BCUT2D eigenvalue weighted by Crippen LogP contribution is 2.29. The van der Waals surface area contributed by atoms with Gasteiger partial charge in [-0.2, -0.15) is 0 Å². The molecule has 3 rings (SSSR count). The van der Waals surface area contributed by atoms with E-state index in [1.165, 1.54) is 4.90 Å². The van der Waals surface area contributed by atoms with Crippen molar-refractivity contribution in [3.63, 3.8) is 0 Å². The second-order valence-electron chi connectivity index (χ2n) is 11.0. The number of nitrogens with one attached hydrogen (secondary N) is 2. The fourth-order valence-electron chi connectivity index (χ4n) is 4.63. The quantitative estimate of drug-likeness (QED) is 0.275. The van der Waals surface area contributed by atoms with E-state index >= 15 is 0 Å². The van der Waals surface area contributed by atoms with Gasteiger partial charge in [0.1, 0.15) is 12.1 Å². The van der Waals surface area contributed by atoms with Crippen LogP contribution in [0.2, 0.25) is 0 Å². The number of carbonyl (C=O) groups is 3. The smallest absolute Gasteiger partial charge is 0.246 e. The third-order valence-corrected chi connectivity index (χ3v) is 8.39. The molecule has 208 valence electrons. The number of likely N-dealkylation sites (tertiary alicyclic amines) is 1. The van der Waals surface area contributed by atoms with Crippen molar-refractivity contribution < 1.29 is 19.5 Å². The second-order valence-corrected chi connectivity index (χ2v) is 12.7. The number of thiazole rings is 1. The molecule has 2 heterocycles. The molecule has 0 saturated carbocycles. The number of hydrogen-bond acceptors (Lipinski definition) is 6. The van der Waals surface area contributed by atoms with Crippen LogP contribution in [0.4, 0.5) is 0 Å². The number of nitrogens with zero attached hydrogens (tertiary/aromatic N) is 2. The minimum absolute atomic E-state index is 0.0558. The van der Waals surface area contributed by atoms with Crippen molar-refractivity contribution in [2.75, 3.05) is 11.9 Å². The highest BCUT2D eigenvalue weighted by molar-refractivity contribution is 9.09. The predicted octanol–water partition coefficient (Wildman–Crippen LogP) is 4.35. The van der Waals surface area contributed by atoms with E-state index in [0.717, 1.165) is 39.9 Å². The van der Waals surface area contributed by atoms with E-state index in [9.17, 15) is 19.5 Å². The fraction of sp³-hybridized carbons (Fsp3) is 0.571. The van der Waals surface area contributed by atoms with Crippen LogP contribution in [-0.4, -0.2) is 62.8 Å². The van der Waals surface area contributed by atoms with Gasteiger partial charge in [0, 0.05) is 24.7 Å². The van der Waals surface area contributed by atoms with E-state index < -0.39 is 23.6 Å². The molecular formula is C28H39BrN4O4S. The second kappa shape index (κ2) is 13.2. The first-order valence-electron chi connectivity index (χ1n) is 13.1. The van der Waals surface area contributed by atoms with Crippen molar-refractivity contribution in [2.24, 2.45) is 5.41 Å². The molecule has 0 radical (unpaired) electrons. The first-order chi connectivity index (χ1) is 17.9. The van der Waals surface area contributed by atoms with Crippen molar-refractivity contribution in [2.45, 2.75) is 84.5 Å². The molecule has 38 heavy (non-hydrogen) atoms. The molecule has 3 N–H and O–H groups in total. The summed E-state index contributed by atoms with van der Waals surface area (Å²) in [5.41, 5.74) is 4.25. The number of amides is 3. The molecule has 1 aliphatic rings. The molecule has 0 bridgehead atoms. The van der Waals surface area contributed by atoms with E-state index in [1.807, 2.05) is 64.4 Å². The number of benzene rings is 1. The number of carbonyl (C=O) groups excluding carboxylic acids is 3. The van der Waals surface area contributed by atoms with Gasteiger partial charge in [0.15, 0.2) is 0 Å². The molecule has 10 heteroatoms. The minimum atomic E-state index is -0.811. The number of unbranched alkanes of at least 4 members (excludes halogenated alkanes) is 1. The molecule has 4 unspecified atom stereocenters. The topological polar surface area (TPSA) is 112 Å². The summed E-state index contributed by atoms with van der Waals surface area (Å²) >= 11 is 4.95. The molecule has 1 aromatic carbocycles. The number of hydrogen-bond donors (Lipinski definition) is 3. The van der Waals surface area contributed by atoms with Gasteiger partial charge < -0.3 is 20.6 Å². The zero-order chi connectivity index (χ0) is 28.0. The summed E-state index contributed by atoms with van der Waals surface area (Å²) in [5, 5.41) is 17.1. The Balaban J connectivity index is 1.69. The lowest BCUT2D eigenvalue weighted by Crippen LogP contribution is -2.57. The van der Waals surface area contributed by atoms with Gasteiger partial charge in [-0.15, -0.1) is 11.3 Å². The van der Waals surface area contributed by atoms with Crippen LogP contribution in [0.15, 0.2) is 29.8 Å². The minimum Gasteiger partial charge on any atom is -0.391 e. The van der Waals surface area contributed by atoms with E-state index in [4.69, 9.17) is 0 Å². The largest absolute Gasteiger partial charge is 0.391 e. The van der Waals surface area contributed by atoms with Crippen LogP contribution < -0.4 is 10.6 Å². The Bertz CT molecular complexity index is 1110. The maximum Gasteiger partial charge on any atom is 0.246 e. The summed E-state index contributed by atoms with van der Waals surface area (Å²) in [6.45, 7) is 9.58. The summed E-state index contributed by atoms with van der Waals surface area (Å²) in [4.78, 5) is 46.4. The zero-order valence-corrected chi connectivity index (χ0v) is 25.2. The van der Waals surface area contributed by atoms with Crippen molar-refractivity contribution in [3.05, 3.63) is 41.0 Å². The number of aryl methyl sites for hydroxylation is 1. The third-order valence-electron chi connectivity index (χ3n) is 6.85. The van der Waals surface area contributed by atoms with Gasteiger partial charge in [-0.3, -0.25) is 14.4 Å². The van der Waals surface area contributed by atoms with E-state index in [0.29, 0.717) is 6.42 Å². The molecule has 3 amide bonds. The van der Waals surface area contributed by atoms with Gasteiger partial charge in [-0.25, -0.2) is 4.98 Å². The number of aliphatic hydroxyl groups excluding tert-OH is 1. The fourth-order valence-corrected chi connectivity index (χ4v) is 5.84. The Morgan fingerprint density at radius 1 is 1.18 bits per heavy atom. The van der Waals surface area contributed by atoms with E-state index in [1.54, 1.807) is 11.3 Å². The van der Waals surface area contributed by atoms with Crippen molar-refractivity contribution in [1.82, 2.24) is 20.5 Å². The van der Waals surface area contributed by atoms with E-state index in [2.05, 4.69) is 31.5 Å². The lowest BCUT2D eigenvalue weighted by atomic mass is 9.85. The SMILES string of the molecule is Cc1ncsc1-c1ccc(C(C)NC(=O)C2CC(O)CN2C(=O)C(NC(=O)CCCCBr)C(C)(C)C)cc1. The molecule has 1 aliphatic heterocycles. The average molecular weight is 608 g/mol. The summed E-state index contributed by atoms with van der Waals surface area (Å²) < 4.78 is 0. The molecule has 0 spiro atoms. The Morgan fingerprint density at radius 2 is 1.87 bits per heavy atom. The van der Waals surface area contributed by atoms with Crippen molar-refractivity contribution in [3.8, 4) is 10.4 Å². The highest BCUT2D eigenvalue weighted by Gasteiger charge is 2.44. The molecule has 8 nitrogen and oxygen atoms in total. The van der Waals surface area contributed by atoms with Crippen molar-refractivity contribution in [1.29, 1.82) is 0 Å². The molecular weight excluding hydrogens is 568 g/mol. The Kier molecular flexibility index (Phi) is 10.5. The van der Waals surface area contributed by atoms with Gasteiger partial charge in [0.25, 0.3) is 0 Å². The predicted molar refractivity (Wildman–Crippen MR) is 154 cm³/mol. The zero-order valence-electron chi connectivity index (χ0n) is 22.8. The number of aliphatic hydroxyl groups is 1. The maximum absolute atomic E-state index is 13.7. The number of alkyl halides is 1. The number of β-amino-alcohol motifs (C(OH)–C–C–N with tert-alkyl or cyclic N) is 1. The van der Waals surface area contributed by atoms with Crippen molar-refractivity contribution >= 4 is 45.0 Å². The average Bonchev–Trinajstić information content (AvgIpc) is 3.47. The lowest BCUT2D eigenvalue weighted by molar-refractivity contribution is -0.144. The summed E-state index contributed by atoms with van der Waals surface area (Å²) in [5.74, 6) is -0.855. The van der Waals surface area contributed by atoms with Crippen LogP contribution in [0.5, 0.6) is 0 Å².